The number of fused-ring (bicyclic) bond motifs is 2. The molecule has 0 aliphatic heterocycles. The molecule has 0 saturated heterocycles. The maximum Gasteiger partial charge on any atom is 0.321 e. The summed E-state index contributed by atoms with van der Waals surface area (Å²) in [7, 11) is 1.93. The molecule has 0 unspecified atom stereocenters. The molecule has 6 heteroatoms. The number of ether oxygens (including phenoxy) is 1. The standard InChI is InChI=1S/C18H15N3O2S/c1-21-11-20-15-8-12(6-7-16(15)21)23-18(22)10-24-17-9-19-14-5-3-2-4-13(14)17/h2-9,11,19H,10H2,1H3. The van der Waals surface area contributed by atoms with Crippen LogP contribution in [0.3, 0.4) is 0 Å². The minimum atomic E-state index is -0.277. The molecule has 0 amide bonds. The van der Waals surface area contributed by atoms with Crippen LogP contribution in [0.4, 0.5) is 0 Å². The van der Waals surface area contributed by atoms with Crippen LogP contribution in [0.2, 0.25) is 0 Å². The second-order valence-electron chi connectivity index (χ2n) is 5.47. The number of esters is 1. The second kappa shape index (κ2) is 6.05. The molecule has 0 radical (unpaired) electrons. The molecule has 5 nitrogen and oxygen atoms in total. The largest absolute Gasteiger partial charge is 0.426 e. The lowest BCUT2D eigenvalue weighted by Gasteiger charge is -2.04. The van der Waals surface area contributed by atoms with E-state index in [1.54, 1.807) is 18.5 Å². The number of carbonyl (C=O) groups is 1. The Balaban J connectivity index is 1.44. The highest BCUT2D eigenvalue weighted by Crippen LogP contribution is 2.28. The van der Waals surface area contributed by atoms with E-state index in [0.29, 0.717) is 5.75 Å². The number of thioether (sulfide) groups is 1. The van der Waals surface area contributed by atoms with Crippen molar-refractivity contribution in [3.63, 3.8) is 0 Å². The molecule has 2 aromatic heterocycles. The van der Waals surface area contributed by atoms with Gasteiger partial charge in [-0.1, -0.05) is 18.2 Å². The van der Waals surface area contributed by atoms with Crippen molar-refractivity contribution >= 4 is 39.7 Å². The third-order valence-electron chi connectivity index (χ3n) is 3.83. The number of imidazole rings is 1. The lowest BCUT2D eigenvalue weighted by atomic mass is 10.2. The molecular formula is C18H15N3O2S. The van der Waals surface area contributed by atoms with Crippen LogP contribution in [0.5, 0.6) is 5.75 Å². The van der Waals surface area contributed by atoms with E-state index in [-0.39, 0.29) is 11.7 Å². The number of carbonyl (C=O) groups excluding carboxylic acids is 1. The Morgan fingerprint density at radius 3 is 3.08 bits per heavy atom. The molecule has 4 aromatic rings. The van der Waals surface area contributed by atoms with Gasteiger partial charge in [-0.3, -0.25) is 4.79 Å². The number of nitrogens with zero attached hydrogens (tertiary/aromatic N) is 2. The first-order chi connectivity index (χ1) is 11.7. The van der Waals surface area contributed by atoms with Gasteiger partial charge in [0.05, 0.1) is 23.1 Å². The summed E-state index contributed by atoms with van der Waals surface area (Å²) in [6, 6.07) is 13.5. The lowest BCUT2D eigenvalue weighted by molar-refractivity contribution is -0.131. The third-order valence-corrected chi connectivity index (χ3v) is 4.85. The Morgan fingerprint density at radius 2 is 2.17 bits per heavy atom. The van der Waals surface area contributed by atoms with Crippen molar-refractivity contribution in [1.82, 2.24) is 14.5 Å². The lowest BCUT2D eigenvalue weighted by Crippen LogP contribution is -2.10. The molecule has 1 N–H and O–H groups in total. The highest BCUT2D eigenvalue weighted by molar-refractivity contribution is 8.00. The number of benzene rings is 2. The van der Waals surface area contributed by atoms with Gasteiger partial charge in [-0.25, -0.2) is 4.98 Å². The Morgan fingerprint density at radius 1 is 1.29 bits per heavy atom. The van der Waals surface area contributed by atoms with Crippen molar-refractivity contribution in [3.05, 3.63) is 55.0 Å². The van der Waals surface area contributed by atoms with E-state index in [2.05, 4.69) is 9.97 Å². The predicted molar refractivity (Wildman–Crippen MR) is 95.4 cm³/mol. The topological polar surface area (TPSA) is 59.9 Å². The van der Waals surface area contributed by atoms with Gasteiger partial charge in [0.25, 0.3) is 0 Å². The normalized spacial score (nSPS) is 11.2. The first kappa shape index (κ1) is 14.8. The highest BCUT2D eigenvalue weighted by Gasteiger charge is 2.10. The van der Waals surface area contributed by atoms with Crippen LogP contribution in [-0.2, 0) is 11.8 Å². The van der Waals surface area contributed by atoms with Gasteiger partial charge in [0, 0.05) is 35.1 Å². The van der Waals surface area contributed by atoms with Gasteiger partial charge in [0.15, 0.2) is 0 Å². The minimum absolute atomic E-state index is 0.252. The summed E-state index contributed by atoms with van der Waals surface area (Å²) in [5, 5.41) is 1.12. The number of H-pyrrole nitrogens is 1. The number of hydrogen-bond donors (Lipinski definition) is 1. The summed E-state index contributed by atoms with van der Waals surface area (Å²) in [5.41, 5.74) is 2.88. The Labute approximate surface area is 142 Å². The molecule has 0 aliphatic rings. The fourth-order valence-electron chi connectivity index (χ4n) is 2.64. The zero-order valence-corrected chi connectivity index (χ0v) is 13.8. The smallest absolute Gasteiger partial charge is 0.321 e. The van der Waals surface area contributed by atoms with E-state index in [1.165, 1.54) is 11.8 Å². The highest BCUT2D eigenvalue weighted by atomic mass is 32.2. The quantitative estimate of drug-likeness (QED) is 0.350. The summed E-state index contributed by atoms with van der Waals surface area (Å²) in [5.74, 6) is 0.494. The minimum Gasteiger partial charge on any atom is -0.426 e. The SMILES string of the molecule is Cn1cnc2cc(OC(=O)CSc3c[nH]c4ccccc34)ccc21. The van der Waals surface area contributed by atoms with E-state index in [9.17, 15) is 4.79 Å². The van der Waals surface area contributed by atoms with Crippen LogP contribution in [0, 0.1) is 0 Å². The van der Waals surface area contributed by atoms with Crippen molar-refractivity contribution in [3.8, 4) is 5.75 Å². The predicted octanol–water partition coefficient (Wildman–Crippen LogP) is 3.75. The van der Waals surface area contributed by atoms with Gasteiger partial charge in [-0.15, -0.1) is 11.8 Å². The maximum atomic E-state index is 12.1. The van der Waals surface area contributed by atoms with Crippen molar-refractivity contribution in [1.29, 1.82) is 0 Å². The molecule has 120 valence electrons. The monoisotopic (exact) mass is 337 g/mol. The summed E-state index contributed by atoms with van der Waals surface area (Å²) < 4.78 is 7.35. The van der Waals surface area contributed by atoms with Gasteiger partial charge in [-0.05, 0) is 18.2 Å². The van der Waals surface area contributed by atoms with Gasteiger partial charge in [0.2, 0.25) is 0 Å². The molecule has 2 heterocycles. The second-order valence-corrected chi connectivity index (χ2v) is 6.48. The summed E-state index contributed by atoms with van der Waals surface area (Å²) >= 11 is 1.47. The molecular weight excluding hydrogens is 322 g/mol. The zero-order valence-electron chi connectivity index (χ0n) is 13.0. The van der Waals surface area contributed by atoms with Gasteiger partial charge in [-0.2, -0.15) is 0 Å². The van der Waals surface area contributed by atoms with E-state index in [4.69, 9.17) is 4.74 Å². The van der Waals surface area contributed by atoms with Crippen LogP contribution in [0.1, 0.15) is 0 Å². The summed E-state index contributed by atoms with van der Waals surface area (Å²) in [4.78, 5) is 20.6. The summed E-state index contributed by atoms with van der Waals surface area (Å²) in [6.07, 6.45) is 3.66. The van der Waals surface area contributed by atoms with E-state index >= 15 is 0 Å². The number of aromatic amines is 1. The first-order valence-corrected chi connectivity index (χ1v) is 8.50. The average molecular weight is 337 g/mol. The van der Waals surface area contributed by atoms with Crippen LogP contribution in [0.15, 0.2) is 59.9 Å². The van der Waals surface area contributed by atoms with Gasteiger partial charge >= 0.3 is 5.97 Å². The number of aromatic nitrogens is 3. The Kier molecular flexibility index (Phi) is 3.74. The molecule has 0 bridgehead atoms. The molecule has 0 aliphatic carbocycles. The average Bonchev–Trinajstić information content (AvgIpc) is 3.17. The molecule has 4 rings (SSSR count). The number of rotatable bonds is 4. The Hall–Kier alpha value is -2.73. The molecule has 0 spiro atoms. The van der Waals surface area contributed by atoms with E-state index < -0.39 is 0 Å². The summed E-state index contributed by atoms with van der Waals surface area (Å²) in [6.45, 7) is 0. The fraction of sp³-hybridized carbons (Fsp3) is 0.111. The number of nitrogens with one attached hydrogen (secondary N) is 1. The zero-order chi connectivity index (χ0) is 16.5. The van der Waals surface area contributed by atoms with E-state index in [1.807, 2.05) is 48.1 Å². The molecule has 24 heavy (non-hydrogen) atoms. The first-order valence-electron chi connectivity index (χ1n) is 7.51. The maximum absolute atomic E-state index is 12.1. The number of para-hydroxylation sites is 1. The molecule has 0 atom stereocenters. The van der Waals surface area contributed by atoms with Crippen molar-refractivity contribution in [2.24, 2.45) is 7.05 Å². The van der Waals surface area contributed by atoms with Gasteiger partial charge < -0.3 is 14.3 Å². The van der Waals surface area contributed by atoms with Crippen LogP contribution >= 0.6 is 11.8 Å². The number of hydrogen-bond acceptors (Lipinski definition) is 4. The van der Waals surface area contributed by atoms with Crippen molar-refractivity contribution < 1.29 is 9.53 Å². The Bertz CT molecular complexity index is 1040. The molecule has 0 saturated carbocycles. The van der Waals surface area contributed by atoms with Crippen LogP contribution < -0.4 is 4.74 Å². The van der Waals surface area contributed by atoms with Crippen LogP contribution in [-0.4, -0.2) is 26.3 Å². The molecule has 2 aromatic carbocycles. The number of aryl methyl sites for hydroxylation is 1. The van der Waals surface area contributed by atoms with Gasteiger partial charge in [0.1, 0.15) is 5.75 Å². The third kappa shape index (κ3) is 2.76. The van der Waals surface area contributed by atoms with Crippen molar-refractivity contribution in [2.75, 3.05) is 5.75 Å². The van der Waals surface area contributed by atoms with Crippen molar-refractivity contribution in [2.45, 2.75) is 4.90 Å². The van der Waals surface area contributed by atoms with Crippen LogP contribution in [0.25, 0.3) is 21.9 Å². The molecule has 0 fully saturated rings. The van der Waals surface area contributed by atoms with E-state index in [0.717, 1.165) is 26.8 Å². The fourth-order valence-corrected chi connectivity index (χ4v) is 3.45.